The number of rotatable bonds is 3. The van der Waals surface area contributed by atoms with Gasteiger partial charge in [0.25, 0.3) is 0 Å². The number of aromatic nitrogens is 1. The Morgan fingerprint density at radius 1 is 1.35 bits per heavy atom. The summed E-state index contributed by atoms with van der Waals surface area (Å²) in [4.78, 5) is 4.37. The molecule has 1 aromatic heterocycles. The number of benzene rings is 1. The Balaban J connectivity index is 2.18. The molecule has 0 spiro atoms. The van der Waals surface area contributed by atoms with E-state index in [-0.39, 0.29) is 5.69 Å². The minimum atomic E-state index is -1.29. The quantitative estimate of drug-likeness (QED) is 0.849. The lowest BCUT2D eigenvalue weighted by molar-refractivity contribution is 0.627. The largest absolute Gasteiger partial charge is 0.396 e. The maximum Gasteiger partial charge on any atom is 0.147 e. The molecule has 0 saturated carbocycles. The van der Waals surface area contributed by atoms with E-state index in [1.165, 1.54) is 12.1 Å². The highest BCUT2D eigenvalue weighted by Crippen LogP contribution is 2.17. The molecule has 0 aliphatic heterocycles. The second kappa shape index (κ2) is 5.05. The maximum absolute atomic E-state index is 13.2. The Morgan fingerprint density at radius 2 is 2.18 bits per heavy atom. The van der Waals surface area contributed by atoms with Gasteiger partial charge in [0.1, 0.15) is 5.82 Å². The van der Waals surface area contributed by atoms with Crippen LogP contribution in [0.5, 0.6) is 0 Å². The molecule has 1 heterocycles. The average molecular weight is 250 g/mol. The third-order valence-corrected chi connectivity index (χ3v) is 3.63. The highest BCUT2D eigenvalue weighted by atomic mass is 32.2. The second-order valence-corrected chi connectivity index (χ2v) is 4.99. The molecule has 0 aliphatic carbocycles. The zero-order chi connectivity index (χ0) is 12.3. The van der Waals surface area contributed by atoms with E-state index in [2.05, 4.69) is 4.98 Å². The van der Waals surface area contributed by atoms with Gasteiger partial charge in [0.05, 0.1) is 22.2 Å². The summed E-state index contributed by atoms with van der Waals surface area (Å²) in [5.74, 6) is -0.223. The SMILES string of the molecule is Nc1ccc(S(=O)Cc2cccnc2)cc1F. The molecule has 0 amide bonds. The van der Waals surface area contributed by atoms with Crippen molar-refractivity contribution in [3.63, 3.8) is 0 Å². The molecule has 1 unspecified atom stereocenters. The Kier molecular flexibility index (Phi) is 3.49. The van der Waals surface area contributed by atoms with Crippen LogP contribution >= 0.6 is 0 Å². The molecule has 2 aromatic rings. The summed E-state index contributed by atoms with van der Waals surface area (Å²) in [7, 11) is -1.29. The fourth-order valence-corrected chi connectivity index (χ4v) is 2.46. The van der Waals surface area contributed by atoms with Crippen LogP contribution in [0.2, 0.25) is 0 Å². The van der Waals surface area contributed by atoms with Crippen molar-refractivity contribution >= 4 is 16.5 Å². The van der Waals surface area contributed by atoms with Gasteiger partial charge in [0.2, 0.25) is 0 Å². The number of nitrogen functional groups attached to an aromatic ring is 1. The first-order valence-corrected chi connectivity index (χ1v) is 6.31. The molecule has 0 bridgehead atoms. The molecule has 2 rings (SSSR count). The monoisotopic (exact) mass is 250 g/mol. The highest BCUT2D eigenvalue weighted by Gasteiger charge is 2.08. The number of hydrogen-bond donors (Lipinski definition) is 1. The van der Waals surface area contributed by atoms with E-state index in [4.69, 9.17) is 5.73 Å². The zero-order valence-corrected chi connectivity index (χ0v) is 9.78. The summed E-state index contributed by atoms with van der Waals surface area (Å²) in [5, 5.41) is 0. The molecular weight excluding hydrogens is 239 g/mol. The number of nitrogens with two attached hydrogens (primary N) is 1. The van der Waals surface area contributed by atoms with E-state index in [0.717, 1.165) is 5.56 Å². The molecule has 17 heavy (non-hydrogen) atoms. The van der Waals surface area contributed by atoms with E-state index < -0.39 is 16.6 Å². The van der Waals surface area contributed by atoms with Crippen LogP contribution in [0.25, 0.3) is 0 Å². The van der Waals surface area contributed by atoms with Gasteiger partial charge < -0.3 is 5.73 Å². The van der Waals surface area contributed by atoms with Gasteiger partial charge in [-0.05, 0) is 29.8 Å². The Labute approximate surface area is 101 Å². The van der Waals surface area contributed by atoms with Crippen molar-refractivity contribution in [3.05, 3.63) is 54.1 Å². The minimum Gasteiger partial charge on any atom is -0.396 e. The molecule has 3 nitrogen and oxygen atoms in total. The third-order valence-electron chi connectivity index (χ3n) is 2.26. The number of hydrogen-bond acceptors (Lipinski definition) is 3. The molecule has 0 aliphatic rings. The number of anilines is 1. The maximum atomic E-state index is 13.2. The first-order valence-electron chi connectivity index (χ1n) is 4.99. The average Bonchev–Trinajstić information content (AvgIpc) is 2.34. The van der Waals surface area contributed by atoms with Gasteiger partial charge in [0, 0.05) is 17.3 Å². The number of nitrogens with zero attached hydrogens (tertiary/aromatic N) is 1. The van der Waals surface area contributed by atoms with Crippen LogP contribution in [0.3, 0.4) is 0 Å². The first-order chi connectivity index (χ1) is 8.16. The molecule has 2 N–H and O–H groups in total. The minimum absolute atomic E-state index is 0.0622. The molecular formula is C12H11FN2OS. The fraction of sp³-hybridized carbons (Fsp3) is 0.0833. The van der Waals surface area contributed by atoms with E-state index in [1.807, 2.05) is 6.07 Å². The van der Waals surface area contributed by atoms with Crippen LogP contribution in [0.15, 0.2) is 47.6 Å². The number of halogens is 1. The van der Waals surface area contributed by atoms with Gasteiger partial charge in [-0.3, -0.25) is 9.19 Å². The Bertz CT molecular complexity index is 545. The van der Waals surface area contributed by atoms with Gasteiger partial charge in [0.15, 0.2) is 0 Å². The standard InChI is InChI=1S/C12H11FN2OS/c13-11-6-10(3-4-12(11)14)17(16)8-9-2-1-5-15-7-9/h1-7H,8,14H2. The van der Waals surface area contributed by atoms with Crippen molar-refractivity contribution < 1.29 is 8.60 Å². The Hall–Kier alpha value is -1.75. The van der Waals surface area contributed by atoms with E-state index in [1.54, 1.807) is 24.5 Å². The first kappa shape index (κ1) is 11.7. The summed E-state index contributed by atoms with van der Waals surface area (Å²) in [5.41, 5.74) is 6.27. The summed E-state index contributed by atoms with van der Waals surface area (Å²) >= 11 is 0. The van der Waals surface area contributed by atoms with Gasteiger partial charge >= 0.3 is 0 Å². The van der Waals surface area contributed by atoms with Crippen LogP contribution in [0, 0.1) is 5.82 Å². The van der Waals surface area contributed by atoms with Crippen molar-refractivity contribution in [1.29, 1.82) is 0 Å². The second-order valence-electron chi connectivity index (χ2n) is 3.53. The van der Waals surface area contributed by atoms with Gasteiger partial charge in [-0.2, -0.15) is 0 Å². The van der Waals surface area contributed by atoms with Crippen LogP contribution < -0.4 is 5.73 Å². The lowest BCUT2D eigenvalue weighted by Crippen LogP contribution is -1.99. The lowest BCUT2D eigenvalue weighted by atomic mass is 10.3. The van der Waals surface area contributed by atoms with Gasteiger partial charge in [-0.1, -0.05) is 6.07 Å². The zero-order valence-electron chi connectivity index (χ0n) is 8.97. The molecule has 0 radical (unpaired) electrons. The number of pyridine rings is 1. The molecule has 1 atom stereocenters. The molecule has 88 valence electrons. The third kappa shape index (κ3) is 2.88. The van der Waals surface area contributed by atoms with Crippen LogP contribution in [-0.2, 0) is 16.6 Å². The predicted octanol–water partition coefficient (Wildman–Crippen LogP) is 2.11. The Morgan fingerprint density at radius 3 is 2.82 bits per heavy atom. The molecule has 1 aromatic carbocycles. The van der Waals surface area contributed by atoms with E-state index >= 15 is 0 Å². The molecule has 5 heteroatoms. The van der Waals surface area contributed by atoms with E-state index in [0.29, 0.717) is 10.6 Å². The summed E-state index contributed by atoms with van der Waals surface area (Å²) in [6.07, 6.45) is 3.29. The van der Waals surface area contributed by atoms with Gasteiger partial charge in [-0.25, -0.2) is 4.39 Å². The highest BCUT2D eigenvalue weighted by molar-refractivity contribution is 7.84. The van der Waals surface area contributed by atoms with Crippen molar-refractivity contribution in [2.45, 2.75) is 10.6 Å². The van der Waals surface area contributed by atoms with Crippen LogP contribution in [0.1, 0.15) is 5.56 Å². The van der Waals surface area contributed by atoms with Crippen molar-refractivity contribution in [1.82, 2.24) is 4.98 Å². The van der Waals surface area contributed by atoms with Crippen molar-refractivity contribution in [2.75, 3.05) is 5.73 Å². The van der Waals surface area contributed by atoms with Crippen LogP contribution in [0.4, 0.5) is 10.1 Å². The topological polar surface area (TPSA) is 56.0 Å². The summed E-state index contributed by atoms with van der Waals surface area (Å²) in [6, 6.07) is 7.81. The lowest BCUT2D eigenvalue weighted by Gasteiger charge is -2.03. The summed E-state index contributed by atoms with van der Waals surface area (Å²) in [6.45, 7) is 0. The fourth-order valence-electron chi connectivity index (χ4n) is 1.37. The van der Waals surface area contributed by atoms with Gasteiger partial charge in [-0.15, -0.1) is 0 Å². The van der Waals surface area contributed by atoms with E-state index in [9.17, 15) is 8.60 Å². The molecule has 0 saturated heterocycles. The molecule has 0 fully saturated rings. The normalized spacial score (nSPS) is 12.3. The summed E-state index contributed by atoms with van der Waals surface area (Å²) < 4.78 is 25.2. The van der Waals surface area contributed by atoms with Crippen molar-refractivity contribution in [3.8, 4) is 0 Å². The predicted molar refractivity (Wildman–Crippen MR) is 65.2 cm³/mol. The smallest absolute Gasteiger partial charge is 0.147 e. The van der Waals surface area contributed by atoms with Crippen molar-refractivity contribution in [2.24, 2.45) is 0 Å². The van der Waals surface area contributed by atoms with Crippen LogP contribution in [-0.4, -0.2) is 9.19 Å².